The highest BCUT2D eigenvalue weighted by molar-refractivity contribution is 7.92. The minimum Gasteiger partial charge on any atom is -0.495 e. The quantitative estimate of drug-likeness (QED) is 0.160. The van der Waals surface area contributed by atoms with Crippen LogP contribution in [0.3, 0.4) is 0 Å². The fourth-order valence-corrected chi connectivity index (χ4v) is 6.97. The number of halogens is 1. The van der Waals surface area contributed by atoms with Gasteiger partial charge in [-0.05, 0) is 69.2 Å². The van der Waals surface area contributed by atoms with Crippen molar-refractivity contribution < 1.29 is 32.2 Å². The van der Waals surface area contributed by atoms with Gasteiger partial charge < -0.3 is 24.4 Å². The molecule has 4 aromatic carbocycles. The summed E-state index contributed by atoms with van der Waals surface area (Å²) in [6.07, 6.45) is 0.184. The van der Waals surface area contributed by atoms with Crippen LogP contribution in [0.4, 0.5) is 5.69 Å². The van der Waals surface area contributed by atoms with Crippen molar-refractivity contribution in [2.75, 3.05) is 32.2 Å². The van der Waals surface area contributed by atoms with Gasteiger partial charge in [0, 0.05) is 29.6 Å². The summed E-state index contributed by atoms with van der Waals surface area (Å²) in [6, 6.07) is 24.6. The fraction of sp³-hybridized carbons (Fsp3) is 0.316. The molecule has 0 spiro atoms. The van der Waals surface area contributed by atoms with Crippen LogP contribution in [0.15, 0.2) is 95.9 Å². The predicted molar refractivity (Wildman–Crippen MR) is 196 cm³/mol. The largest absolute Gasteiger partial charge is 0.495 e. The maximum Gasteiger partial charge on any atom is 0.265 e. The number of sulfonamides is 1. The summed E-state index contributed by atoms with van der Waals surface area (Å²) < 4.78 is 46.4. The summed E-state index contributed by atoms with van der Waals surface area (Å²) in [5.41, 5.74) is 2.05. The van der Waals surface area contributed by atoms with Crippen LogP contribution in [0, 0.1) is 6.92 Å². The Bertz CT molecular complexity index is 1900. The fourth-order valence-electron chi connectivity index (χ4n) is 5.37. The Kier molecular flexibility index (Phi) is 12.4. The van der Waals surface area contributed by atoms with E-state index in [2.05, 4.69) is 5.32 Å². The molecule has 10 nitrogen and oxygen atoms in total. The van der Waals surface area contributed by atoms with Gasteiger partial charge in [-0.25, -0.2) is 8.42 Å². The molecule has 0 saturated carbocycles. The molecule has 0 aromatic heterocycles. The minimum atomic E-state index is -4.49. The molecule has 0 aliphatic heterocycles. The molecule has 0 fully saturated rings. The van der Waals surface area contributed by atoms with Gasteiger partial charge in [-0.3, -0.25) is 13.9 Å². The molecule has 4 aromatic rings. The van der Waals surface area contributed by atoms with Gasteiger partial charge in [-0.1, -0.05) is 71.8 Å². The number of methoxy groups -OCH3 is 3. The first kappa shape index (κ1) is 38.1. The van der Waals surface area contributed by atoms with Crippen molar-refractivity contribution in [3.63, 3.8) is 0 Å². The summed E-state index contributed by atoms with van der Waals surface area (Å²) in [4.78, 5) is 30.2. The Morgan fingerprint density at radius 1 is 0.800 bits per heavy atom. The zero-order valence-corrected chi connectivity index (χ0v) is 31.0. The summed E-state index contributed by atoms with van der Waals surface area (Å²) in [5.74, 6) is -0.325. The third-order valence-corrected chi connectivity index (χ3v) is 9.87. The number of carbonyl (C=O) groups is 2. The van der Waals surface area contributed by atoms with Gasteiger partial charge in [-0.2, -0.15) is 0 Å². The van der Waals surface area contributed by atoms with Crippen LogP contribution in [-0.4, -0.2) is 64.6 Å². The molecular weight excluding hydrogens is 678 g/mol. The van der Waals surface area contributed by atoms with Crippen LogP contribution >= 0.6 is 11.6 Å². The maximum atomic E-state index is 14.8. The number of hydrogen-bond acceptors (Lipinski definition) is 7. The molecule has 0 aliphatic rings. The summed E-state index contributed by atoms with van der Waals surface area (Å²) in [6.45, 7) is 6.88. The Morgan fingerprint density at radius 3 is 2.02 bits per heavy atom. The first-order valence-corrected chi connectivity index (χ1v) is 17.8. The van der Waals surface area contributed by atoms with Crippen LogP contribution in [0.2, 0.25) is 5.02 Å². The molecule has 0 radical (unpaired) electrons. The van der Waals surface area contributed by atoms with E-state index >= 15 is 0 Å². The van der Waals surface area contributed by atoms with Crippen molar-refractivity contribution in [3.8, 4) is 17.2 Å². The van der Waals surface area contributed by atoms with E-state index in [-0.39, 0.29) is 46.0 Å². The minimum absolute atomic E-state index is 0.0328. The normalized spacial score (nSPS) is 12.1. The lowest BCUT2D eigenvalue weighted by molar-refractivity contribution is -0.140. The van der Waals surface area contributed by atoms with Crippen molar-refractivity contribution in [2.45, 2.75) is 57.1 Å². The van der Waals surface area contributed by atoms with Gasteiger partial charge in [0.25, 0.3) is 10.0 Å². The lowest BCUT2D eigenvalue weighted by atomic mass is 10.0. The third-order valence-electron chi connectivity index (χ3n) is 7.87. The molecule has 2 amide bonds. The molecular formula is C38H44ClN3O7S. The second kappa shape index (κ2) is 16.3. The Balaban J connectivity index is 1.89. The second-order valence-electron chi connectivity index (χ2n) is 12.8. The van der Waals surface area contributed by atoms with Gasteiger partial charge in [-0.15, -0.1) is 0 Å². The van der Waals surface area contributed by atoms with E-state index in [1.807, 2.05) is 82.3 Å². The average Bonchev–Trinajstić information content (AvgIpc) is 3.08. The average molecular weight is 722 g/mol. The summed E-state index contributed by atoms with van der Waals surface area (Å²) in [5, 5.41) is 3.26. The Labute approximate surface area is 300 Å². The molecule has 12 heteroatoms. The summed E-state index contributed by atoms with van der Waals surface area (Å²) >= 11 is 6.40. The standard InChI is InChI=1S/C38H44ClN3O7S/c1-26-13-15-28(16-14-26)24-41(32(37(44)40-38(2,3)4)21-27-11-9-8-10-12-27)36(43)25-42(31-22-29(39)17-19-33(31)47-5)50(45,46)30-18-20-34(48-6)35(23-30)49-7/h8-20,22-23,32H,21,24-25H2,1-7H3,(H,40,44). The number of amides is 2. The van der Waals surface area contributed by atoms with Crippen LogP contribution in [0.1, 0.15) is 37.5 Å². The number of nitrogens with one attached hydrogen (secondary N) is 1. The predicted octanol–water partition coefficient (Wildman–Crippen LogP) is 6.42. The Hall–Kier alpha value is -4.74. The first-order valence-electron chi connectivity index (χ1n) is 16.0. The zero-order valence-electron chi connectivity index (χ0n) is 29.4. The van der Waals surface area contributed by atoms with Gasteiger partial charge in [0.15, 0.2) is 11.5 Å². The number of carbonyl (C=O) groups excluding carboxylic acids is 2. The molecule has 0 heterocycles. The van der Waals surface area contributed by atoms with Crippen molar-refractivity contribution in [1.29, 1.82) is 0 Å². The molecule has 266 valence electrons. The molecule has 1 unspecified atom stereocenters. The van der Waals surface area contributed by atoms with Crippen LogP contribution in [0.5, 0.6) is 17.2 Å². The van der Waals surface area contributed by atoms with Crippen molar-refractivity contribution in [2.24, 2.45) is 0 Å². The van der Waals surface area contributed by atoms with E-state index < -0.39 is 34.1 Å². The maximum absolute atomic E-state index is 14.8. The molecule has 0 saturated heterocycles. The van der Waals surface area contributed by atoms with E-state index in [0.29, 0.717) is 5.75 Å². The molecule has 50 heavy (non-hydrogen) atoms. The van der Waals surface area contributed by atoms with Crippen molar-refractivity contribution >= 4 is 39.1 Å². The molecule has 4 rings (SSSR count). The molecule has 0 bridgehead atoms. The monoisotopic (exact) mass is 721 g/mol. The van der Waals surface area contributed by atoms with Gasteiger partial charge in [0.2, 0.25) is 11.8 Å². The SMILES string of the molecule is COc1ccc(S(=O)(=O)N(CC(=O)N(Cc2ccc(C)cc2)C(Cc2ccccc2)C(=O)NC(C)(C)C)c2cc(Cl)ccc2OC)cc1OC. The third kappa shape index (κ3) is 9.48. The van der Waals surface area contributed by atoms with E-state index in [4.69, 9.17) is 25.8 Å². The van der Waals surface area contributed by atoms with E-state index in [9.17, 15) is 18.0 Å². The van der Waals surface area contributed by atoms with Gasteiger partial charge in [0.1, 0.15) is 18.3 Å². The molecule has 1 N–H and O–H groups in total. The smallest absolute Gasteiger partial charge is 0.265 e. The van der Waals surface area contributed by atoms with E-state index in [1.54, 1.807) is 6.07 Å². The van der Waals surface area contributed by atoms with Gasteiger partial charge in [0.05, 0.1) is 31.9 Å². The molecule has 1 atom stereocenters. The summed E-state index contributed by atoms with van der Waals surface area (Å²) in [7, 11) is -0.256. The van der Waals surface area contributed by atoms with Crippen molar-refractivity contribution in [1.82, 2.24) is 10.2 Å². The lowest BCUT2D eigenvalue weighted by Gasteiger charge is -2.35. The topological polar surface area (TPSA) is 114 Å². The first-order chi connectivity index (χ1) is 23.7. The van der Waals surface area contributed by atoms with E-state index in [0.717, 1.165) is 21.0 Å². The van der Waals surface area contributed by atoms with Crippen molar-refractivity contribution in [3.05, 3.63) is 113 Å². The number of aryl methyl sites for hydroxylation is 1. The number of benzene rings is 4. The number of rotatable bonds is 14. The zero-order chi connectivity index (χ0) is 36.6. The highest BCUT2D eigenvalue weighted by Gasteiger charge is 2.37. The second-order valence-corrected chi connectivity index (χ2v) is 15.1. The highest BCUT2D eigenvalue weighted by atomic mass is 35.5. The number of ether oxygens (including phenoxy) is 3. The Morgan fingerprint density at radius 2 is 1.42 bits per heavy atom. The highest BCUT2D eigenvalue weighted by Crippen LogP contribution is 2.37. The van der Waals surface area contributed by atoms with Crippen LogP contribution in [0.25, 0.3) is 0 Å². The number of anilines is 1. The van der Waals surface area contributed by atoms with Gasteiger partial charge >= 0.3 is 0 Å². The molecule has 0 aliphatic carbocycles. The number of nitrogens with zero attached hydrogens (tertiary/aromatic N) is 2. The van der Waals surface area contributed by atoms with Crippen LogP contribution in [-0.2, 0) is 32.6 Å². The number of hydrogen-bond donors (Lipinski definition) is 1. The van der Waals surface area contributed by atoms with E-state index in [1.165, 1.54) is 56.6 Å². The lowest BCUT2D eigenvalue weighted by Crippen LogP contribution is -2.56. The van der Waals surface area contributed by atoms with Crippen LogP contribution < -0.4 is 23.8 Å².